The van der Waals surface area contributed by atoms with Gasteiger partial charge in [0.25, 0.3) is 0 Å². The highest BCUT2D eigenvalue weighted by Gasteiger charge is 2.22. The van der Waals surface area contributed by atoms with Gasteiger partial charge in [0.05, 0.1) is 5.52 Å². The van der Waals surface area contributed by atoms with Crippen molar-refractivity contribution in [2.45, 2.75) is 12.8 Å². The number of hydrogen-bond acceptors (Lipinski definition) is 4. The summed E-state index contributed by atoms with van der Waals surface area (Å²) < 4.78 is 0. The predicted octanol–water partition coefficient (Wildman–Crippen LogP) is 3.20. The molecule has 0 aliphatic carbocycles. The topological polar surface area (TPSA) is 31.4 Å². The Hall–Kier alpha value is -1.07. The number of piperazine rings is 1. The summed E-state index contributed by atoms with van der Waals surface area (Å²) in [6, 6.07) is 12.7. The Kier molecular flexibility index (Phi) is 7.76. The lowest BCUT2D eigenvalue weighted by Crippen LogP contribution is -2.48. The van der Waals surface area contributed by atoms with Crippen LogP contribution >= 0.6 is 24.8 Å². The highest BCUT2D eigenvalue weighted by molar-refractivity contribution is 5.85. The first kappa shape index (κ1) is 20.2. The Balaban J connectivity index is 0.00000113. The highest BCUT2D eigenvalue weighted by atomic mass is 35.5. The van der Waals surface area contributed by atoms with E-state index in [1.165, 1.54) is 51.0 Å². The van der Waals surface area contributed by atoms with Gasteiger partial charge < -0.3 is 10.2 Å². The molecule has 2 saturated heterocycles. The summed E-state index contributed by atoms with van der Waals surface area (Å²) in [5.41, 5.74) is 1.10. The summed E-state index contributed by atoms with van der Waals surface area (Å²) in [5.74, 6) is 2.02. The molecule has 0 amide bonds. The number of para-hydroxylation sites is 1. The molecule has 2 fully saturated rings. The van der Waals surface area contributed by atoms with Crippen LogP contribution in [-0.2, 0) is 0 Å². The molecule has 3 heterocycles. The third-order valence-corrected chi connectivity index (χ3v) is 5.26. The van der Waals surface area contributed by atoms with E-state index in [9.17, 15) is 0 Å². The van der Waals surface area contributed by atoms with Gasteiger partial charge in [0.2, 0.25) is 0 Å². The number of aromatic nitrogens is 1. The summed E-state index contributed by atoms with van der Waals surface area (Å²) in [4.78, 5) is 9.92. The van der Waals surface area contributed by atoms with Crippen molar-refractivity contribution in [3.05, 3.63) is 36.4 Å². The predicted molar refractivity (Wildman–Crippen MR) is 110 cm³/mol. The minimum Gasteiger partial charge on any atom is -0.354 e. The van der Waals surface area contributed by atoms with Gasteiger partial charge in [-0.15, -0.1) is 24.8 Å². The van der Waals surface area contributed by atoms with Gasteiger partial charge >= 0.3 is 0 Å². The highest BCUT2D eigenvalue weighted by Crippen LogP contribution is 2.20. The maximum Gasteiger partial charge on any atom is 0.129 e. The van der Waals surface area contributed by atoms with Crippen molar-refractivity contribution in [1.82, 2.24) is 15.2 Å². The average Bonchev–Trinajstić information content (AvgIpc) is 2.63. The molecule has 1 N–H and O–H groups in total. The van der Waals surface area contributed by atoms with Crippen molar-refractivity contribution in [3.8, 4) is 0 Å². The first-order valence-corrected chi connectivity index (χ1v) is 8.92. The van der Waals surface area contributed by atoms with Gasteiger partial charge in [0, 0.05) is 38.1 Å². The number of nitrogens with zero attached hydrogens (tertiary/aromatic N) is 3. The van der Waals surface area contributed by atoms with Gasteiger partial charge in [-0.2, -0.15) is 0 Å². The number of nitrogens with one attached hydrogen (secondary N) is 1. The van der Waals surface area contributed by atoms with Crippen LogP contribution in [-0.4, -0.2) is 55.7 Å². The Morgan fingerprint density at radius 3 is 2.40 bits per heavy atom. The molecule has 0 saturated carbocycles. The number of rotatable bonds is 3. The van der Waals surface area contributed by atoms with Crippen LogP contribution < -0.4 is 10.2 Å². The van der Waals surface area contributed by atoms with E-state index in [0.29, 0.717) is 0 Å². The van der Waals surface area contributed by atoms with Gasteiger partial charge in [0.1, 0.15) is 5.82 Å². The lowest BCUT2D eigenvalue weighted by Gasteiger charge is -2.37. The molecule has 1 aromatic heterocycles. The van der Waals surface area contributed by atoms with E-state index in [2.05, 4.69) is 51.5 Å². The fraction of sp³-hybridized carbons (Fsp3) is 0.526. The molecule has 0 atom stereocenters. The largest absolute Gasteiger partial charge is 0.354 e. The maximum atomic E-state index is 4.84. The van der Waals surface area contributed by atoms with E-state index in [1.54, 1.807) is 0 Å². The average molecular weight is 383 g/mol. The molecule has 0 radical (unpaired) electrons. The van der Waals surface area contributed by atoms with Crippen LogP contribution in [0, 0.1) is 5.92 Å². The first-order valence-electron chi connectivity index (χ1n) is 8.92. The summed E-state index contributed by atoms with van der Waals surface area (Å²) in [6.07, 6.45) is 2.68. The van der Waals surface area contributed by atoms with E-state index >= 15 is 0 Å². The molecule has 1 aromatic carbocycles. The molecule has 6 heteroatoms. The van der Waals surface area contributed by atoms with Crippen molar-refractivity contribution in [1.29, 1.82) is 0 Å². The molecule has 0 bridgehead atoms. The van der Waals surface area contributed by atoms with E-state index < -0.39 is 0 Å². The number of benzene rings is 1. The Labute approximate surface area is 162 Å². The van der Waals surface area contributed by atoms with E-state index in [0.717, 1.165) is 30.3 Å². The van der Waals surface area contributed by atoms with Gasteiger partial charge in [-0.1, -0.05) is 18.2 Å². The standard InChI is InChI=1S/C19H26N4.2ClH/c1-2-4-18-17(3-1)5-6-19(21-18)23-13-11-22(12-14-23)15-16-7-9-20-10-8-16;;/h1-6,16,20H,7-15H2;2*1H. The van der Waals surface area contributed by atoms with Crippen molar-refractivity contribution in [2.75, 3.05) is 50.7 Å². The van der Waals surface area contributed by atoms with Crippen LogP contribution in [0.1, 0.15) is 12.8 Å². The molecule has 2 aliphatic heterocycles. The van der Waals surface area contributed by atoms with Crippen LogP contribution in [0.3, 0.4) is 0 Å². The lowest BCUT2D eigenvalue weighted by molar-refractivity contribution is 0.196. The van der Waals surface area contributed by atoms with Gasteiger partial charge in [-0.25, -0.2) is 4.98 Å². The van der Waals surface area contributed by atoms with Gasteiger partial charge in [-0.05, 0) is 50.0 Å². The number of anilines is 1. The SMILES string of the molecule is Cl.Cl.c1ccc2nc(N3CCN(CC4CCNCC4)CC3)ccc2c1. The third-order valence-electron chi connectivity index (χ3n) is 5.26. The van der Waals surface area contributed by atoms with Crippen LogP contribution in [0.25, 0.3) is 10.9 Å². The van der Waals surface area contributed by atoms with Gasteiger partial charge in [-0.3, -0.25) is 4.90 Å². The van der Waals surface area contributed by atoms with E-state index in [-0.39, 0.29) is 24.8 Å². The third kappa shape index (κ3) is 4.98. The smallest absolute Gasteiger partial charge is 0.129 e. The van der Waals surface area contributed by atoms with Crippen LogP contribution in [0.4, 0.5) is 5.82 Å². The molecule has 0 unspecified atom stereocenters. The minimum absolute atomic E-state index is 0. The molecule has 0 spiro atoms. The zero-order valence-corrected chi connectivity index (χ0v) is 16.2. The fourth-order valence-electron chi connectivity index (χ4n) is 3.82. The molecular formula is C19H28Cl2N4. The summed E-state index contributed by atoms with van der Waals surface area (Å²) in [5, 5.41) is 4.68. The number of halogens is 2. The molecule has 4 nitrogen and oxygen atoms in total. The van der Waals surface area contributed by atoms with Crippen molar-refractivity contribution < 1.29 is 0 Å². The normalized spacial score (nSPS) is 19.3. The minimum atomic E-state index is 0. The number of piperidine rings is 1. The van der Waals surface area contributed by atoms with Crippen LogP contribution in [0.2, 0.25) is 0 Å². The summed E-state index contributed by atoms with van der Waals surface area (Å²) >= 11 is 0. The Morgan fingerprint density at radius 2 is 1.64 bits per heavy atom. The van der Waals surface area contributed by atoms with Crippen molar-refractivity contribution >= 4 is 41.5 Å². The van der Waals surface area contributed by atoms with Crippen molar-refractivity contribution in [2.24, 2.45) is 5.92 Å². The zero-order chi connectivity index (χ0) is 15.5. The molecule has 2 aliphatic rings. The first-order chi connectivity index (χ1) is 11.4. The second-order valence-corrected chi connectivity index (χ2v) is 6.84. The summed E-state index contributed by atoms with van der Waals surface area (Å²) in [7, 11) is 0. The molecule has 2 aromatic rings. The molecule has 4 rings (SSSR count). The van der Waals surface area contributed by atoms with Crippen molar-refractivity contribution in [3.63, 3.8) is 0 Å². The lowest BCUT2D eigenvalue weighted by atomic mass is 9.97. The molecule has 25 heavy (non-hydrogen) atoms. The molecular weight excluding hydrogens is 355 g/mol. The quantitative estimate of drug-likeness (QED) is 0.882. The second kappa shape index (κ2) is 9.58. The number of hydrogen-bond donors (Lipinski definition) is 1. The van der Waals surface area contributed by atoms with E-state index in [4.69, 9.17) is 4.98 Å². The number of fused-ring (bicyclic) bond motifs is 1. The second-order valence-electron chi connectivity index (χ2n) is 6.84. The molecule has 138 valence electrons. The Bertz CT molecular complexity index is 653. The maximum absolute atomic E-state index is 4.84. The zero-order valence-electron chi connectivity index (χ0n) is 14.6. The van der Waals surface area contributed by atoms with Crippen LogP contribution in [0.5, 0.6) is 0 Å². The fourth-order valence-corrected chi connectivity index (χ4v) is 3.82. The number of pyridine rings is 1. The Morgan fingerprint density at radius 1 is 0.920 bits per heavy atom. The van der Waals surface area contributed by atoms with Gasteiger partial charge in [0.15, 0.2) is 0 Å². The summed E-state index contributed by atoms with van der Waals surface area (Å²) in [6.45, 7) is 8.20. The monoisotopic (exact) mass is 382 g/mol. The van der Waals surface area contributed by atoms with E-state index in [1.807, 2.05) is 0 Å². The van der Waals surface area contributed by atoms with Crippen LogP contribution in [0.15, 0.2) is 36.4 Å².